The third kappa shape index (κ3) is 10.8. The lowest BCUT2D eigenvalue weighted by atomic mass is 10.1. The minimum Gasteiger partial charge on any atom is -0.460 e. The van der Waals surface area contributed by atoms with E-state index in [2.05, 4.69) is 6.92 Å². The maximum absolute atomic E-state index is 11.7. The molecule has 0 N–H and O–H groups in total. The molecule has 0 aromatic heterocycles. The number of esters is 1. The van der Waals surface area contributed by atoms with Crippen molar-refractivity contribution in [2.45, 2.75) is 90.8 Å². The molecule has 0 saturated heterocycles. The Morgan fingerprint density at radius 3 is 2.05 bits per heavy atom. The van der Waals surface area contributed by atoms with E-state index >= 15 is 0 Å². The van der Waals surface area contributed by atoms with Crippen LogP contribution >= 0.6 is 0 Å². The topological polar surface area (TPSA) is 52.6 Å². The average molecular weight is 286 g/mol. The van der Waals surface area contributed by atoms with Gasteiger partial charge < -0.3 is 9.47 Å². The second-order valence-corrected chi connectivity index (χ2v) is 5.47. The summed E-state index contributed by atoms with van der Waals surface area (Å²) in [5.41, 5.74) is 0. The lowest BCUT2D eigenvalue weighted by Gasteiger charge is -2.16. The highest BCUT2D eigenvalue weighted by atomic mass is 16.6. The molecule has 1 unspecified atom stereocenters. The quantitative estimate of drug-likeness (QED) is 0.291. The van der Waals surface area contributed by atoms with Crippen LogP contribution in [0.25, 0.3) is 0 Å². The summed E-state index contributed by atoms with van der Waals surface area (Å²) in [6.07, 6.45) is 9.20. The predicted octanol–water partition coefficient (Wildman–Crippen LogP) is 4.01. The standard InChI is InChI=1S/C16H30O4/c1-4-5-6-7-8-9-10-11-12-15(19-13-17)16(18)20-14(2)3/h13-15H,4-12H2,1-3H3. The molecule has 0 fully saturated rings. The number of hydrogen-bond donors (Lipinski definition) is 0. The van der Waals surface area contributed by atoms with Gasteiger partial charge in [-0.2, -0.15) is 0 Å². The van der Waals surface area contributed by atoms with Crippen molar-refractivity contribution in [1.82, 2.24) is 0 Å². The fourth-order valence-corrected chi connectivity index (χ4v) is 2.08. The molecule has 1 atom stereocenters. The molecule has 4 heteroatoms. The van der Waals surface area contributed by atoms with Gasteiger partial charge in [-0.1, -0.05) is 51.9 Å². The van der Waals surface area contributed by atoms with Crippen LogP contribution in [0, 0.1) is 0 Å². The molecule has 0 aromatic carbocycles. The predicted molar refractivity (Wildman–Crippen MR) is 79.4 cm³/mol. The van der Waals surface area contributed by atoms with E-state index in [1.807, 2.05) is 0 Å². The van der Waals surface area contributed by atoms with Crippen molar-refractivity contribution >= 4 is 12.4 Å². The summed E-state index contributed by atoms with van der Waals surface area (Å²) in [6.45, 7) is 6.11. The van der Waals surface area contributed by atoms with Crippen LogP contribution in [0.15, 0.2) is 0 Å². The van der Waals surface area contributed by atoms with E-state index in [4.69, 9.17) is 9.47 Å². The molecule has 0 aliphatic heterocycles. The van der Waals surface area contributed by atoms with Gasteiger partial charge in [-0.15, -0.1) is 0 Å². The highest BCUT2D eigenvalue weighted by molar-refractivity contribution is 5.76. The Balaban J connectivity index is 3.70. The molecule has 0 amide bonds. The minimum absolute atomic E-state index is 0.182. The number of hydrogen-bond acceptors (Lipinski definition) is 4. The van der Waals surface area contributed by atoms with Gasteiger partial charge in [0.1, 0.15) is 0 Å². The van der Waals surface area contributed by atoms with Gasteiger partial charge in [-0.05, 0) is 26.7 Å². The van der Waals surface area contributed by atoms with Crippen LogP contribution < -0.4 is 0 Å². The highest BCUT2D eigenvalue weighted by Crippen LogP contribution is 2.13. The van der Waals surface area contributed by atoms with Crippen LogP contribution in [0.1, 0.15) is 78.6 Å². The first-order valence-corrected chi connectivity index (χ1v) is 7.91. The van der Waals surface area contributed by atoms with Gasteiger partial charge in [-0.3, -0.25) is 4.79 Å². The Kier molecular flexibility index (Phi) is 12.3. The second-order valence-electron chi connectivity index (χ2n) is 5.47. The molecule has 0 saturated carbocycles. The van der Waals surface area contributed by atoms with Crippen molar-refractivity contribution in [1.29, 1.82) is 0 Å². The normalized spacial score (nSPS) is 12.2. The lowest BCUT2D eigenvalue weighted by Crippen LogP contribution is -2.28. The Labute approximate surface area is 123 Å². The summed E-state index contributed by atoms with van der Waals surface area (Å²) in [5, 5.41) is 0. The van der Waals surface area contributed by atoms with E-state index in [0.717, 1.165) is 12.8 Å². The van der Waals surface area contributed by atoms with Crippen molar-refractivity contribution < 1.29 is 19.1 Å². The van der Waals surface area contributed by atoms with Gasteiger partial charge in [0.05, 0.1) is 6.10 Å². The Morgan fingerprint density at radius 1 is 1.00 bits per heavy atom. The molecule has 0 radical (unpaired) electrons. The van der Waals surface area contributed by atoms with E-state index in [9.17, 15) is 9.59 Å². The van der Waals surface area contributed by atoms with Crippen molar-refractivity contribution in [2.75, 3.05) is 0 Å². The number of ether oxygens (including phenoxy) is 2. The summed E-state index contributed by atoms with van der Waals surface area (Å²) >= 11 is 0. The molecule has 118 valence electrons. The minimum atomic E-state index is -0.741. The Hall–Kier alpha value is -1.06. The molecule has 4 nitrogen and oxygen atoms in total. The van der Waals surface area contributed by atoms with Gasteiger partial charge in [0.2, 0.25) is 0 Å². The average Bonchev–Trinajstić information content (AvgIpc) is 2.39. The lowest BCUT2D eigenvalue weighted by molar-refractivity contribution is -0.165. The van der Waals surface area contributed by atoms with Crippen molar-refractivity contribution in [2.24, 2.45) is 0 Å². The number of carbonyl (C=O) groups is 2. The summed E-state index contributed by atoms with van der Waals surface area (Å²) < 4.78 is 9.87. The van der Waals surface area contributed by atoms with Crippen LogP contribution in [0.5, 0.6) is 0 Å². The van der Waals surface area contributed by atoms with Gasteiger partial charge >= 0.3 is 5.97 Å². The van der Waals surface area contributed by atoms with Gasteiger partial charge in [0, 0.05) is 0 Å². The largest absolute Gasteiger partial charge is 0.460 e. The fraction of sp³-hybridized carbons (Fsp3) is 0.875. The van der Waals surface area contributed by atoms with E-state index in [1.54, 1.807) is 13.8 Å². The van der Waals surface area contributed by atoms with Crippen LogP contribution in [0.2, 0.25) is 0 Å². The van der Waals surface area contributed by atoms with Gasteiger partial charge in [0.25, 0.3) is 6.47 Å². The van der Waals surface area contributed by atoms with E-state index in [1.165, 1.54) is 38.5 Å². The zero-order chi connectivity index (χ0) is 15.2. The first-order chi connectivity index (χ1) is 9.61. The molecule has 0 bridgehead atoms. The summed E-state index contributed by atoms with van der Waals surface area (Å²) in [5.74, 6) is -0.435. The van der Waals surface area contributed by atoms with Crippen LogP contribution in [-0.4, -0.2) is 24.6 Å². The van der Waals surface area contributed by atoms with Crippen LogP contribution in [0.3, 0.4) is 0 Å². The van der Waals surface area contributed by atoms with Crippen molar-refractivity contribution in [3.05, 3.63) is 0 Å². The highest BCUT2D eigenvalue weighted by Gasteiger charge is 2.21. The SMILES string of the molecule is CCCCCCCCCCC(OC=O)C(=O)OC(C)C. The number of rotatable bonds is 13. The zero-order valence-electron chi connectivity index (χ0n) is 13.2. The smallest absolute Gasteiger partial charge is 0.347 e. The third-order valence-electron chi connectivity index (χ3n) is 3.15. The molecule has 0 aliphatic carbocycles. The summed E-state index contributed by atoms with van der Waals surface area (Å²) in [6, 6.07) is 0. The first-order valence-electron chi connectivity index (χ1n) is 7.91. The number of unbranched alkanes of at least 4 members (excludes halogenated alkanes) is 7. The van der Waals surface area contributed by atoms with Crippen molar-refractivity contribution in [3.63, 3.8) is 0 Å². The maximum Gasteiger partial charge on any atom is 0.347 e. The van der Waals surface area contributed by atoms with E-state index in [0.29, 0.717) is 12.9 Å². The van der Waals surface area contributed by atoms with E-state index < -0.39 is 12.1 Å². The monoisotopic (exact) mass is 286 g/mol. The molecule has 0 spiro atoms. The maximum atomic E-state index is 11.7. The zero-order valence-corrected chi connectivity index (χ0v) is 13.2. The van der Waals surface area contributed by atoms with E-state index in [-0.39, 0.29) is 6.10 Å². The second kappa shape index (κ2) is 12.9. The first kappa shape index (κ1) is 18.9. The molecule has 0 aromatic rings. The summed E-state index contributed by atoms with van der Waals surface area (Å²) in [7, 11) is 0. The fourth-order valence-electron chi connectivity index (χ4n) is 2.08. The van der Waals surface area contributed by atoms with Crippen molar-refractivity contribution in [3.8, 4) is 0 Å². The van der Waals surface area contributed by atoms with Gasteiger partial charge in [-0.25, -0.2) is 4.79 Å². The Morgan fingerprint density at radius 2 is 1.55 bits per heavy atom. The molecular weight excluding hydrogens is 256 g/mol. The Bertz CT molecular complexity index is 251. The van der Waals surface area contributed by atoms with Crippen LogP contribution in [0.4, 0.5) is 0 Å². The molecule has 0 heterocycles. The molecular formula is C16H30O4. The summed E-state index contributed by atoms with van der Waals surface area (Å²) in [4.78, 5) is 22.1. The third-order valence-corrected chi connectivity index (χ3v) is 3.15. The van der Waals surface area contributed by atoms with Gasteiger partial charge in [0.15, 0.2) is 6.10 Å². The number of carbonyl (C=O) groups excluding carboxylic acids is 2. The molecule has 0 rings (SSSR count). The van der Waals surface area contributed by atoms with Crippen LogP contribution in [-0.2, 0) is 19.1 Å². The molecule has 0 aliphatic rings. The molecule has 20 heavy (non-hydrogen) atoms.